The second kappa shape index (κ2) is 9.18. The van der Waals surface area contributed by atoms with Crippen LogP contribution in [-0.2, 0) is 0 Å². The number of unbranched alkanes of at least 4 members (excludes halogenated alkanes) is 1. The van der Waals surface area contributed by atoms with Crippen molar-refractivity contribution >= 4 is 11.4 Å². The van der Waals surface area contributed by atoms with Crippen LogP contribution in [0.2, 0.25) is 0 Å². The number of hydrogen-bond acceptors (Lipinski definition) is 5. The summed E-state index contributed by atoms with van der Waals surface area (Å²) in [6, 6.07) is 5.03. The number of nitrogens with two attached hydrogens (primary N) is 1. The van der Waals surface area contributed by atoms with Gasteiger partial charge in [-0.3, -0.25) is 10.1 Å². The van der Waals surface area contributed by atoms with Gasteiger partial charge < -0.3 is 15.8 Å². The molecule has 0 fully saturated rings. The van der Waals surface area contributed by atoms with Gasteiger partial charge >= 0.3 is 5.69 Å². The Kier molecular flexibility index (Phi) is 7.53. The molecule has 6 nitrogen and oxygen atoms in total. The molecule has 1 rings (SSSR count). The largest absolute Gasteiger partial charge is 0.487 e. The monoisotopic (exact) mass is 295 g/mol. The second-order valence-corrected chi connectivity index (χ2v) is 5.01. The third-order valence-corrected chi connectivity index (χ3v) is 3.18. The number of benzene rings is 1. The maximum Gasteiger partial charge on any atom is 0.311 e. The molecule has 0 saturated heterocycles. The fraction of sp³-hybridized carbons (Fsp3) is 0.600. The Morgan fingerprint density at radius 3 is 2.71 bits per heavy atom. The Hall–Kier alpha value is -1.82. The number of nitrogens with one attached hydrogen (secondary N) is 1. The molecule has 0 radical (unpaired) electrons. The first kappa shape index (κ1) is 17.2. The van der Waals surface area contributed by atoms with Crippen LogP contribution in [-0.4, -0.2) is 24.1 Å². The Labute approximate surface area is 125 Å². The summed E-state index contributed by atoms with van der Waals surface area (Å²) in [6.07, 6.45) is 4.00. The minimum Gasteiger partial charge on any atom is -0.487 e. The molecule has 1 aromatic rings. The molecule has 1 atom stereocenters. The summed E-state index contributed by atoms with van der Waals surface area (Å²) in [4.78, 5) is 10.6. The van der Waals surface area contributed by atoms with E-state index in [1.54, 1.807) is 12.1 Å². The lowest BCUT2D eigenvalue weighted by Gasteiger charge is -2.18. The summed E-state index contributed by atoms with van der Waals surface area (Å²) in [6.45, 7) is 5.09. The van der Waals surface area contributed by atoms with Gasteiger partial charge in [0.05, 0.1) is 11.5 Å². The lowest BCUT2D eigenvalue weighted by molar-refractivity contribution is -0.385. The second-order valence-electron chi connectivity index (χ2n) is 5.01. The molecule has 6 heteroatoms. The van der Waals surface area contributed by atoms with E-state index in [1.807, 2.05) is 6.92 Å². The Balaban J connectivity index is 2.85. The van der Waals surface area contributed by atoms with E-state index in [0.29, 0.717) is 18.9 Å². The molecule has 0 spiro atoms. The SMILES string of the molecule is CCCCC(CN)Nc1ccc([N+](=O)[O-])c(OCCC)c1. The summed E-state index contributed by atoms with van der Waals surface area (Å²) in [7, 11) is 0. The number of hydrogen-bond donors (Lipinski definition) is 2. The zero-order valence-electron chi connectivity index (χ0n) is 12.8. The third-order valence-electron chi connectivity index (χ3n) is 3.18. The zero-order valence-corrected chi connectivity index (χ0v) is 12.8. The Morgan fingerprint density at radius 2 is 2.14 bits per heavy atom. The molecule has 0 aliphatic rings. The van der Waals surface area contributed by atoms with E-state index in [2.05, 4.69) is 12.2 Å². The van der Waals surface area contributed by atoms with Crippen molar-refractivity contribution < 1.29 is 9.66 Å². The highest BCUT2D eigenvalue weighted by Gasteiger charge is 2.16. The van der Waals surface area contributed by atoms with Crippen molar-refractivity contribution in [3.8, 4) is 5.75 Å². The smallest absolute Gasteiger partial charge is 0.311 e. The minimum absolute atomic E-state index is 0.00754. The van der Waals surface area contributed by atoms with Crippen LogP contribution >= 0.6 is 0 Å². The van der Waals surface area contributed by atoms with Crippen molar-refractivity contribution in [2.24, 2.45) is 5.73 Å². The van der Waals surface area contributed by atoms with E-state index in [-0.39, 0.29) is 11.7 Å². The van der Waals surface area contributed by atoms with Crippen LogP contribution in [0.25, 0.3) is 0 Å². The molecular weight excluding hydrogens is 270 g/mol. The Morgan fingerprint density at radius 1 is 1.38 bits per heavy atom. The van der Waals surface area contributed by atoms with Crippen molar-refractivity contribution in [3.63, 3.8) is 0 Å². The average Bonchev–Trinajstić information content (AvgIpc) is 2.49. The van der Waals surface area contributed by atoms with E-state index < -0.39 is 4.92 Å². The van der Waals surface area contributed by atoms with Crippen LogP contribution in [0.1, 0.15) is 39.5 Å². The number of nitro groups is 1. The maximum absolute atomic E-state index is 11.0. The summed E-state index contributed by atoms with van der Waals surface area (Å²) in [5.74, 6) is 0.304. The van der Waals surface area contributed by atoms with E-state index >= 15 is 0 Å². The molecule has 0 aliphatic carbocycles. The van der Waals surface area contributed by atoms with Gasteiger partial charge in [0.1, 0.15) is 0 Å². The van der Waals surface area contributed by atoms with Gasteiger partial charge in [-0.25, -0.2) is 0 Å². The number of nitrogens with zero attached hydrogens (tertiary/aromatic N) is 1. The van der Waals surface area contributed by atoms with E-state index in [4.69, 9.17) is 10.5 Å². The quantitative estimate of drug-likeness (QED) is 0.510. The van der Waals surface area contributed by atoms with Gasteiger partial charge in [-0.1, -0.05) is 26.7 Å². The minimum atomic E-state index is -0.424. The first-order chi connectivity index (χ1) is 10.1. The normalized spacial score (nSPS) is 12.0. The molecule has 0 aromatic heterocycles. The fourth-order valence-electron chi connectivity index (χ4n) is 2.02. The molecule has 118 valence electrons. The maximum atomic E-state index is 11.0. The molecule has 0 aliphatic heterocycles. The van der Waals surface area contributed by atoms with E-state index in [9.17, 15) is 10.1 Å². The molecule has 21 heavy (non-hydrogen) atoms. The number of rotatable bonds is 10. The molecule has 0 amide bonds. The van der Waals surface area contributed by atoms with Gasteiger partial charge in [0.2, 0.25) is 0 Å². The van der Waals surface area contributed by atoms with Crippen molar-refractivity contribution in [2.45, 2.75) is 45.6 Å². The number of nitro benzene ring substituents is 1. The first-order valence-corrected chi connectivity index (χ1v) is 7.50. The van der Waals surface area contributed by atoms with Crippen LogP contribution in [0.3, 0.4) is 0 Å². The third kappa shape index (κ3) is 5.59. The standard InChI is InChI=1S/C15H25N3O3/c1-3-5-6-13(11-16)17-12-7-8-14(18(19)20)15(10-12)21-9-4-2/h7-8,10,13,17H,3-6,9,11,16H2,1-2H3. The van der Waals surface area contributed by atoms with E-state index in [0.717, 1.165) is 31.4 Å². The van der Waals surface area contributed by atoms with Crippen molar-refractivity contribution in [1.29, 1.82) is 0 Å². The summed E-state index contributed by atoms with van der Waals surface area (Å²) < 4.78 is 5.47. The summed E-state index contributed by atoms with van der Waals surface area (Å²) in [5.41, 5.74) is 6.55. The number of anilines is 1. The summed E-state index contributed by atoms with van der Waals surface area (Å²) >= 11 is 0. The molecule has 3 N–H and O–H groups in total. The van der Waals surface area contributed by atoms with Crippen molar-refractivity contribution in [1.82, 2.24) is 0 Å². The van der Waals surface area contributed by atoms with Gasteiger partial charge in [0, 0.05) is 30.4 Å². The highest BCUT2D eigenvalue weighted by molar-refractivity contribution is 5.58. The molecule has 1 unspecified atom stereocenters. The summed E-state index contributed by atoms with van der Waals surface area (Å²) in [5, 5.41) is 14.3. The number of ether oxygens (including phenoxy) is 1. The molecule has 0 bridgehead atoms. The molecule has 1 aromatic carbocycles. The van der Waals surface area contributed by atoms with Gasteiger partial charge in [-0.2, -0.15) is 0 Å². The fourth-order valence-corrected chi connectivity index (χ4v) is 2.02. The van der Waals surface area contributed by atoms with Gasteiger partial charge in [0.25, 0.3) is 0 Å². The lowest BCUT2D eigenvalue weighted by atomic mass is 10.1. The highest BCUT2D eigenvalue weighted by Crippen LogP contribution is 2.30. The molecule has 0 heterocycles. The predicted molar refractivity (Wildman–Crippen MR) is 84.9 cm³/mol. The first-order valence-electron chi connectivity index (χ1n) is 7.50. The van der Waals surface area contributed by atoms with Gasteiger partial charge in [-0.05, 0) is 18.9 Å². The lowest BCUT2D eigenvalue weighted by Crippen LogP contribution is -2.28. The molecular formula is C15H25N3O3. The predicted octanol–water partition coefficient (Wildman–Crippen LogP) is 3.31. The van der Waals surface area contributed by atoms with Crippen molar-refractivity contribution in [3.05, 3.63) is 28.3 Å². The van der Waals surface area contributed by atoms with Crippen LogP contribution in [0.4, 0.5) is 11.4 Å². The molecule has 0 saturated carbocycles. The van der Waals surface area contributed by atoms with Gasteiger partial charge in [0.15, 0.2) is 5.75 Å². The van der Waals surface area contributed by atoms with Crippen LogP contribution in [0, 0.1) is 10.1 Å². The van der Waals surface area contributed by atoms with E-state index in [1.165, 1.54) is 6.07 Å². The highest BCUT2D eigenvalue weighted by atomic mass is 16.6. The van der Waals surface area contributed by atoms with Crippen molar-refractivity contribution in [2.75, 3.05) is 18.5 Å². The van der Waals surface area contributed by atoms with Crippen LogP contribution < -0.4 is 15.8 Å². The topological polar surface area (TPSA) is 90.4 Å². The van der Waals surface area contributed by atoms with Gasteiger partial charge in [-0.15, -0.1) is 0 Å². The Bertz CT molecular complexity index is 452. The zero-order chi connectivity index (χ0) is 15.7. The average molecular weight is 295 g/mol. The van der Waals surface area contributed by atoms with Crippen LogP contribution in [0.15, 0.2) is 18.2 Å². The van der Waals surface area contributed by atoms with Crippen LogP contribution in [0.5, 0.6) is 5.75 Å².